The van der Waals surface area contributed by atoms with Crippen molar-refractivity contribution >= 4 is 10.1 Å². The quantitative estimate of drug-likeness (QED) is 0.815. The Kier molecular flexibility index (Phi) is 2.76. The van der Waals surface area contributed by atoms with Gasteiger partial charge in [-0.2, -0.15) is 13.5 Å². The van der Waals surface area contributed by atoms with Crippen LogP contribution in [-0.2, 0) is 16.7 Å². The lowest BCUT2D eigenvalue weighted by molar-refractivity contribution is 0.483. The zero-order valence-electron chi connectivity index (χ0n) is 8.31. The average Bonchev–Trinajstić information content (AvgIpc) is 2.70. The van der Waals surface area contributed by atoms with Crippen LogP contribution < -0.4 is 0 Å². The summed E-state index contributed by atoms with van der Waals surface area (Å²) in [5, 5.41) is 4.01. The molecule has 0 amide bonds. The lowest BCUT2D eigenvalue weighted by atomic mass is 10.2. The average molecular weight is 238 g/mol. The molecule has 0 spiro atoms. The van der Waals surface area contributed by atoms with Crippen molar-refractivity contribution in [3.63, 3.8) is 0 Å². The van der Waals surface area contributed by atoms with Gasteiger partial charge in [0, 0.05) is 12.4 Å². The Hall–Kier alpha value is -1.66. The maximum absolute atomic E-state index is 10.9. The van der Waals surface area contributed by atoms with Crippen molar-refractivity contribution in [1.82, 2.24) is 9.78 Å². The molecule has 0 aliphatic carbocycles. The standard InChI is InChI=1S/C10H10N2O3S/c13-16(14,15)10-4-1-3-9(7-10)8-12-6-2-5-11-12/h1-7H,8H2,(H,13,14,15). The van der Waals surface area contributed by atoms with E-state index in [4.69, 9.17) is 4.55 Å². The molecule has 5 nitrogen and oxygen atoms in total. The molecule has 0 aliphatic rings. The van der Waals surface area contributed by atoms with Crippen molar-refractivity contribution in [1.29, 1.82) is 0 Å². The number of hydrogen-bond acceptors (Lipinski definition) is 3. The van der Waals surface area contributed by atoms with Crippen molar-refractivity contribution in [3.8, 4) is 0 Å². The van der Waals surface area contributed by atoms with Crippen molar-refractivity contribution in [2.45, 2.75) is 11.4 Å². The highest BCUT2D eigenvalue weighted by molar-refractivity contribution is 7.85. The van der Waals surface area contributed by atoms with Gasteiger partial charge >= 0.3 is 0 Å². The second-order valence-corrected chi connectivity index (χ2v) is 4.75. The maximum Gasteiger partial charge on any atom is 0.294 e. The smallest absolute Gasteiger partial charge is 0.282 e. The summed E-state index contributed by atoms with van der Waals surface area (Å²) in [5.41, 5.74) is 0.763. The van der Waals surface area contributed by atoms with Crippen LogP contribution >= 0.6 is 0 Å². The van der Waals surface area contributed by atoms with Crippen LogP contribution in [0, 0.1) is 0 Å². The van der Waals surface area contributed by atoms with Gasteiger partial charge < -0.3 is 0 Å². The zero-order chi connectivity index (χ0) is 11.6. The largest absolute Gasteiger partial charge is 0.294 e. The Morgan fingerprint density at radius 1 is 1.31 bits per heavy atom. The van der Waals surface area contributed by atoms with Crippen LogP contribution in [0.1, 0.15) is 5.56 Å². The molecule has 1 aromatic heterocycles. The maximum atomic E-state index is 10.9. The van der Waals surface area contributed by atoms with Crippen LogP contribution in [-0.4, -0.2) is 22.8 Å². The van der Waals surface area contributed by atoms with Gasteiger partial charge in [-0.3, -0.25) is 9.23 Å². The first kappa shape index (κ1) is 10.8. The summed E-state index contributed by atoms with van der Waals surface area (Å²) in [7, 11) is -4.13. The van der Waals surface area contributed by atoms with Gasteiger partial charge in [-0.1, -0.05) is 12.1 Å². The van der Waals surface area contributed by atoms with Crippen molar-refractivity contribution in [2.24, 2.45) is 0 Å². The lowest BCUT2D eigenvalue weighted by Crippen LogP contribution is -2.03. The minimum atomic E-state index is -4.13. The van der Waals surface area contributed by atoms with E-state index in [0.29, 0.717) is 6.54 Å². The van der Waals surface area contributed by atoms with Gasteiger partial charge in [0.05, 0.1) is 11.4 Å². The summed E-state index contributed by atoms with van der Waals surface area (Å²) in [6.07, 6.45) is 3.42. The van der Waals surface area contributed by atoms with Gasteiger partial charge in [0.25, 0.3) is 10.1 Å². The van der Waals surface area contributed by atoms with Gasteiger partial charge in [0.1, 0.15) is 0 Å². The molecule has 6 heteroatoms. The van der Waals surface area contributed by atoms with E-state index in [-0.39, 0.29) is 4.90 Å². The van der Waals surface area contributed by atoms with E-state index >= 15 is 0 Å². The van der Waals surface area contributed by atoms with Gasteiger partial charge in [0.2, 0.25) is 0 Å². The van der Waals surface area contributed by atoms with Crippen LogP contribution in [0.2, 0.25) is 0 Å². The van der Waals surface area contributed by atoms with Crippen LogP contribution in [0.25, 0.3) is 0 Å². The van der Waals surface area contributed by atoms with Crippen LogP contribution in [0.4, 0.5) is 0 Å². The molecule has 1 heterocycles. The molecule has 0 radical (unpaired) electrons. The molecule has 2 aromatic rings. The molecule has 0 bridgehead atoms. The Labute approximate surface area is 93.1 Å². The second kappa shape index (κ2) is 4.07. The van der Waals surface area contributed by atoms with E-state index in [1.165, 1.54) is 12.1 Å². The number of hydrogen-bond donors (Lipinski definition) is 1. The first-order valence-corrected chi connectivity index (χ1v) is 6.03. The molecule has 0 fully saturated rings. The van der Waals surface area contributed by atoms with E-state index < -0.39 is 10.1 Å². The van der Waals surface area contributed by atoms with Crippen molar-refractivity contribution in [3.05, 3.63) is 48.3 Å². The number of rotatable bonds is 3. The molecule has 16 heavy (non-hydrogen) atoms. The summed E-state index contributed by atoms with van der Waals surface area (Å²) < 4.78 is 32.4. The molecular weight excluding hydrogens is 228 g/mol. The van der Waals surface area contributed by atoms with Gasteiger partial charge in [-0.05, 0) is 23.8 Å². The summed E-state index contributed by atoms with van der Waals surface area (Å²) in [4.78, 5) is -0.0999. The van der Waals surface area contributed by atoms with E-state index in [1.807, 2.05) is 0 Å². The van der Waals surface area contributed by atoms with Crippen molar-refractivity contribution in [2.75, 3.05) is 0 Å². The predicted octanol–water partition coefficient (Wildman–Crippen LogP) is 1.18. The Morgan fingerprint density at radius 2 is 2.12 bits per heavy atom. The van der Waals surface area contributed by atoms with Crippen LogP contribution in [0.3, 0.4) is 0 Å². The Morgan fingerprint density at radius 3 is 2.75 bits per heavy atom. The topological polar surface area (TPSA) is 72.2 Å². The summed E-state index contributed by atoms with van der Waals surface area (Å²) in [6, 6.07) is 7.92. The van der Waals surface area contributed by atoms with Gasteiger partial charge in [-0.25, -0.2) is 0 Å². The van der Waals surface area contributed by atoms with E-state index in [1.54, 1.807) is 35.3 Å². The molecule has 0 saturated heterocycles. The predicted molar refractivity (Wildman–Crippen MR) is 57.6 cm³/mol. The third-order valence-electron chi connectivity index (χ3n) is 2.10. The number of nitrogens with zero attached hydrogens (tertiary/aromatic N) is 2. The molecule has 2 rings (SSSR count). The molecule has 1 aromatic carbocycles. The molecule has 0 saturated carbocycles. The van der Waals surface area contributed by atoms with Crippen LogP contribution in [0.15, 0.2) is 47.6 Å². The normalized spacial score (nSPS) is 11.6. The van der Waals surface area contributed by atoms with E-state index in [0.717, 1.165) is 5.56 Å². The fourth-order valence-corrected chi connectivity index (χ4v) is 1.94. The van der Waals surface area contributed by atoms with Crippen LogP contribution in [0.5, 0.6) is 0 Å². The molecule has 0 atom stereocenters. The molecule has 0 aliphatic heterocycles. The summed E-state index contributed by atoms with van der Waals surface area (Å²) in [5.74, 6) is 0. The van der Waals surface area contributed by atoms with E-state index in [9.17, 15) is 8.42 Å². The molecule has 0 unspecified atom stereocenters. The number of benzene rings is 1. The minimum Gasteiger partial charge on any atom is -0.282 e. The first-order valence-electron chi connectivity index (χ1n) is 4.59. The van der Waals surface area contributed by atoms with Gasteiger partial charge in [-0.15, -0.1) is 0 Å². The summed E-state index contributed by atoms with van der Waals surface area (Å²) >= 11 is 0. The highest BCUT2D eigenvalue weighted by Crippen LogP contribution is 2.11. The Bertz CT molecular complexity index is 576. The zero-order valence-corrected chi connectivity index (χ0v) is 9.13. The minimum absolute atomic E-state index is 0.0999. The van der Waals surface area contributed by atoms with Crippen molar-refractivity contribution < 1.29 is 13.0 Å². The second-order valence-electron chi connectivity index (χ2n) is 3.33. The highest BCUT2D eigenvalue weighted by Gasteiger charge is 2.09. The fraction of sp³-hybridized carbons (Fsp3) is 0.100. The lowest BCUT2D eigenvalue weighted by Gasteiger charge is -2.03. The highest BCUT2D eigenvalue weighted by atomic mass is 32.2. The number of aromatic nitrogens is 2. The first-order chi connectivity index (χ1) is 7.55. The van der Waals surface area contributed by atoms with E-state index in [2.05, 4.69) is 5.10 Å². The summed E-state index contributed by atoms with van der Waals surface area (Å²) in [6.45, 7) is 0.469. The molecular formula is C10H10N2O3S. The molecule has 84 valence electrons. The third-order valence-corrected chi connectivity index (χ3v) is 2.95. The monoisotopic (exact) mass is 238 g/mol. The van der Waals surface area contributed by atoms with Gasteiger partial charge in [0.15, 0.2) is 0 Å². The SMILES string of the molecule is O=S(=O)(O)c1cccc(Cn2cccn2)c1. The fourth-order valence-electron chi connectivity index (χ4n) is 1.39. The molecule has 1 N–H and O–H groups in total. The Balaban J connectivity index is 2.30. The third kappa shape index (κ3) is 2.47.